The van der Waals surface area contributed by atoms with E-state index in [1.165, 1.54) is 0 Å². The number of aryl methyl sites for hydroxylation is 1. The number of rotatable bonds is 9. The second-order valence-corrected chi connectivity index (χ2v) is 8.58. The van der Waals surface area contributed by atoms with Gasteiger partial charge in [0.15, 0.2) is 0 Å². The van der Waals surface area contributed by atoms with Crippen LogP contribution < -0.4 is 14.4 Å². The van der Waals surface area contributed by atoms with Crippen molar-refractivity contribution in [3.63, 3.8) is 0 Å². The quantitative estimate of drug-likeness (QED) is 0.316. The highest BCUT2D eigenvalue weighted by atomic mass is 16.5. The van der Waals surface area contributed by atoms with E-state index in [4.69, 9.17) is 14.5 Å². The van der Waals surface area contributed by atoms with E-state index in [1.807, 2.05) is 77.7 Å². The first kappa shape index (κ1) is 22.0. The van der Waals surface area contributed by atoms with Crippen LogP contribution in [0.3, 0.4) is 0 Å². The Balaban J connectivity index is 1.30. The zero-order valence-corrected chi connectivity index (χ0v) is 19.4. The van der Waals surface area contributed by atoms with Crippen LogP contribution in [0.15, 0.2) is 78.9 Å². The number of fused-ring (bicyclic) bond motifs is 1. The molecule has 0 spiro atoms. The highest BCUT2D eigenvalue weighted by molar-refractivity contribution is 5.96. The van der Waals surface area contributed by atoms with Gasteiger partial charge in [-0.2, -0.15) is 0 Å². The molecule has 1 amide bonds. The summed E-state index contributed by atoms with van der Waals surface area (Å²) in [6, 6.07) is 25.8. The largest absolute Gasteiger partial charge is 0.497 e. The Morgan fingerprint density at radius 2 is 1.68 bits per heavy atom. The molecule has 1 aliphatic heterocycles. The van der Waals surface area contributed by atoms with Crippen molar-refractivity contribution < 1.29 is 14.3 Å². The second-order valence-electron chi connectivity index (χ2n) is 8.58. The standard InChI is InChI=1S/C28H29N3O3/c1-33-23-15-13-22(14-16-23)31-20-21(19-27(31)32)28-29-25-11-5-6-12-26(25)30(28)17-7-8-18-34-24-9-3-2-4-10-24/h2-6,9-16,21H,7-8,17-20H2,1H3. The van der Waals surface area contributed by atoms with Crippen molar-refractivity contribution >= 4 is 22.6 Å². The Morgan fingerprint density at radius 1 is 0.912 bits per heavy atom. The summed E-state index contributed by atoms with van der Waals surface area (Å²) in [5, 5.41) is 0. The van der Waals surface area contributed by atoms with Crippen LogP contribution in [0.25, 0.3) is 11.0 Å². The Hall–Kier alpha value is -3.80. The summed E-state index contributed by atoms with van der Waals surface area (Å²) in [5.41, 5.74) is 3.00. The van der Waals surface area contributed by atoms with Crippen molar-refractivity contribution in [2.24, 2.45) is 0 Å². The average Bonchev–Trinajstić information content (AvgIpc) is 3.45. The molecule has 0 aliphatic carbocycles. The number of para-hydroxylation sites is 3. The summed E-state index contributed by atoms with van der Waals surface area (Å²) in [4.78, 5) is 19.7. The number of methoxy groups -OCH3 is 1. The number of ether oxygens (including phenoxy) is 2. The molecule has 34 heavy (non-hydrogen) atoms. The topological polar surface area (TPSA) is 56.6 Å². The number of carbonyl (C=O) groups excluding carboxylic acids is 1. The summed E-state index contributed by atoms with van der Waals surface area (Å²) in [7, 11) is 1.64. The molecule has 2 heterocycles. The Morgan fingerprint density at radius 3 is 2.47 bits per heavy atom. The fraction of sp³-hybridized carbons (Fsp3) is 0.286. The van der Waals surface area contributed by atoms with Crippen LogP contribution in [-0.2, 0) is 11.3 Å². The van der Waals surface area contributed by atoms with Crippen molar-refractivity contribution in [2.45, 2.75) is 31.7 Å². The van der Waals surface area contributed by atoms with Crippen LogP contribution in [0, 0.1) is 0 Å². The van der Waals surface area contributed by atoms with Gasteiger partial charge >= 0.3 is 0 Å². The third-order valence-electron chi connectivity index (χ3n) is 6.35. The van der Waals surface area contributed by atoms with Gasteiger partial charge in [-0.15, -0.1) is 0 Å². The van der Waals surface area contributed by atoms with E-state index in [0.717, 1.165) is 53.4 Å². The van der Waals surface area contributed by atoms with Crippen molar-refractivity contribution in [1.82, 2.24) is 9.55 Å². The molecule has 0 saturated carbocycles. The molecular formula is C28H29N3O3. The first-order valence-corrected chi connectivity index (χ1v) is 11.8. The van der Waals surface area contributed by atoms with E-state index in [0.29, 0.717) is 19.6 Å². The summed E-state index contributed by atoms with van der Waals surface area (Å²) in [6.45, 7) is 2.16. The smallest absolute Gasteiger partial charge is 0.227 e. The third-order valence-corrected chi connectivity index (χ3v) is 6.35. The van der Waals surface area contributed by atoms with Crippen molar-refractivity contribution in [1.29, 1.82) is 0 Å². The van der Waals surface area contributed by atoms with Crippen LogP contribution in [-0.4, -0.2) is 35.7 Å². The number of hydrogen-bond acceptors (Lipinski definition) is 4. The maximum Gasteiger partial charge on any atom is 0.227 e. The van der Waals surface area contributed by atoms with Gasteiger partial charge in [-0.3, -0.25) is 4.79 Å². The van der Waals surface area contributed by atoms with Crippen LogP contribution in [0.4, 0.5) is 5.69 Å². The maximum atomic E-state index is 12.9. The van der Waals surface area contributed by atoms with E-state index in [9.17, 15) is 4.79 Å². The lowest BCUT2D eigenvalue weighted by atomic mass is 10.1. The Kier molecular flexibility index (Phi) is 6.47. The second kappa shape index (κ2) is 10.00. The van der Waals surface area contributed by atoms with Crippen molar-refractivity contribution in [3.8, 4) is 11.5 Å². The lowest BCUT2D eigenvalue weighted by Gasteiger charge is -2.18. The molecule has 1 saturated heterocycles. The number of carbonyl (C=O) groups is 1. The zero-order valence-electron chi connectivity index (χ0n) is 19.4. The maximum absolute atomic E-state index is 12.9. The number of aromatic nitrogens is 2. The van der Waals surface area contributed by atoms with Crippen LogP contribution in [0.1, 0.15) is 31.0 Å². The first-order chi connectivity index (χ1) is 16.7. The molecule has 3 aromatic carbocycles. The summed E-state index contributed by atoms with van der Waals surface area (Å²) >= 11 is 0. The van der Waals surface area contributed by atoms with Crippen LogP contribution in [0.5, 0.6) is 11.5 Å². The van der Waals surface area contributed by atoms with Gasteiger partial charge < -0.3 is 18.9 Å². The number of nitrogens with zero attached hydrogens (tertiary/aromatic N) is 3. The summed E-state index contributed by atoms with van der Waals surface area (Å²) in [5.74, 6) is 2.87. The minimum atomic E-state index is 0.0579. The minimum Gasteiger partial charge on any atom is -0.497 e. The normalized spacial score (nSPS) is 15.7. The van der Waals surface area contributed by atoms with Gasteiger partial charge in [0.05, 0.1) is 24.8 Å². The van der Waals surface area contributed by atoms with Gasteiger partial charge in [-0.05, 0) is 61.4 Å². The zero-order chi connectivity index (χ0) is 23.3. The fourth-order valence-electron chi connectivity index (χ4n) is 4.61. The molecule has 1 aromatic heterocycles. The molecule has 4 aromatic rings. The van der Waals surface area contributed by atoms with Crippen molar-refractivity contribution in [2.75, 3.05) is 25.2 Å². The first-order valence-electron chi connectivity index (χ1n) is 11.8. The number of unbranched alkanes of at least 4 members (excludes halogenated alkanes) is 1. The lowest BCUT2D eigenvalue weighted by Crippen LogP contribution is -2.24. The Labute approximate surface area is 199 Å². The summed E-state index contributed by atoms with van der Waals surface area (Å²) in [6.07, 6.45) is 2.39. The molecular weight excluding hydrogens is 426 g/mol. The number of anilines is 1. The molecule has 5 rings (SSSR count). The molecule has 0 radical (unpaired) electrons. The van der Waals surface area contributed by atoms with E-state index < -0.39 is 0 Å². The van der Waals surface area contributed by atoms with E-state index in [-0.39, 0.29) is 11.8 Å². The molecule has 174 valence electrons. The van der Waals surface area contributed by atoms with Gasteiger partial charge in [0.25, 0.3) is 0 Å². The molecule has 0 N–H and O–H groups in total. The fourth-order valence-corrected chi connectivity index (χ4v) is 4.61. The predicted octanol–water partition coefficient (Wildman–Crippen LogP) is 5.42. The highest BCUT2D eigenvalue weighted by Crippen LogP contribution is 2.34. The highest BCUT2D eigenvalue weighted by Gasteiger charge is 2.34. The third kappa shape index (κ3) is 4.62. The lowest BCUT2D eigenvalue weighted by molar-refractivity contribution is -0.117. The van der Waals surface area contributed by atoms with E-state index >= 15 is 0 Å². The molecule has 6 heteroatoms. The number of amides is 1. The number of hydrogen-bond donors (Lipinski definition) is 0. The molecule has 6 nitrogen and oxygen atoms in total. The van der Waals surface area contributed by atoms with Gasteiger partial charge in [-0.1, -0.05) is 30.3 Å². The van der Waals surface area contributed by atoms with Crippen LogP contribution in [0.2, 0.25) is 0 Å². The van der Waals surface area contributed by atoms with Crippen LogP contribution >= 0.6 is 0 Å². The van der Waals surface area contributed by atoms with E-state index in [1.54, 1.807) is 7.11 Å². The molecule has 1 fully saturated rings. The SMILES string of the molecule is COc1ccc(N2CC(c3nc4ccccc4n3CCCCOc3ccccc3)CC2=O)cc1. The van der Waals surface area contributed by atoms with Gasteiger partial charge in [-0.25, -0.2) is 4.98 Å². The molecule has 0 bridgehead atoms. The molecule has 1 unspecified atom stereocenters. The number of benzene rings is 3. The number of imidazole rings is 1. The summed E-state index contributed by atoms with van der Waals surface area (Å²) < 4.78 is 13.4. The van der Waals surface area contributed by atoms with Gasteiger partial charge in [0.2, 0.25) is 5.91 Å². The molecule has 1 atom stereocenters. The van der Waals surface area contributed by atoms with Gasteiger partial charge in [0, 0.05) is 31.1 Å². The van der Waals surface area contributed by atoms with Crippen molar-refractivity contribution in [3.05, 3.63) is 84.7 Å². The molecule has 1 aliphatic rings. The predicted molar refractivity (Wildman–Crippen MR) is 134 cm³/mol. The monoisotopic (exact) mass is 455 g/mol. The van der Waals surface area contributed by atoms with Gasteiger partial charge in [0.1, 0.15) is 17.3 Å². The average molecular weight is 456 g/mol. The van der Waals surface area contributed by atoms with E-state index in [2.05, 4.69) is 10.6 Å². The minimum absolute atomic E-state index is 0.0579. The Bertz CT molecular complexity index is 1250.